The zero-order valence-corrected chi connectivity index (χ0v) is 16.7. The lowest BCUT2D eigenvalue weighted by Crippen LogP contribution is -2.52. The van der Waals surface area contributed by atoms with E-state index in [2.05, 4.69) is 5.32 Å². The van der Waals surface area contributed by atoms with Gasteiger partial charge in [0.05, 0.1) is 10.6 Å². The van der Waals surface area contributed by atoms with Crippen molar-refractivity contribution in [2.45, 2.75) is 32.4 Å². The highest BCUT2D eigenvalue weighted by atomic mass is 35.5. The van der Waals surface area contributed by atoms with Crippen molar-refractivity contribution in [1.29, 1.82) is 0 Å². The monoisotopic (exact) mass is 395 g/mol. The third-order valence-corrected chi connectivity index (χ3v) is 5.98. The Morgan fingerprint density at radius 1 is 1.11 bits per heavy atom. The number of aliphatic imine (C=N–C) groups is 1. The fourth-order valence-electron chi connectivity index (χ4n) is 3.77. The van der Waals surface area contributed by atoms with Gasteiger partial charge in [0.1, 0.15) is 11.4 Å². The SMILES string of the molecule is Cc1ccc(C2=NC3(CCN(C(=O)c4ccccc4Cl)CC3)NC2=O)cc1C. The van der Waals surface area contributed by atoms with Gasteiger partial charge in [-0.1, -0.05) is 35.9 Å². The lowest BCUT2D eigenvalue weighted by Gasteiger charge is -2.37. The number of carbonyl (C=O) groups excluding carboxylic acids is 2. The highest BCUT2D eigenvalue weighted by Crippen LogP contribution is 2.30. The van der Waals surface area contributed by atoms with E-state index in [-0.39, 0.29) is 11.8 Å². The van der Waals surface area contributed by atoms with Crippen LogP contribution in [-0.4, -0.2) is 41.2 Å². The Morgan fingerprint density at radius 2 is 1.82 bits per heavy atom. The molecule has 0 bridgehead atoms. The second-order valence-corrected chi connectivity index (χ2v) is 7.92. The van der Waals surface area contributed by atoms with Gasteiger partial charge in [-0.15, -0.1) is 0 Å². The van der Waals surface area contributed by atoms with Crippen molar-refractivity contribution in [2.24, 2.45) is 4.99 Å². The molecule has 0 atom stereocenters. The number of nitrogens with one attached hydrogen (secondary N) is 1. The molecule has 2 aliphatic heterocycles. The summed E-state index contributed by atoms with van der Waals surface area (Å²) in [6.07, 6.45) is 1.17. The van der Waals surface area contributed by atoms with Gasteiger partial charge in [-0.3, -0.25) is 14.6 Å². The minimum Gasteiger partial charge on any atom is -0.338 e. The third-order valence-electron chi connectivity index (χ3n) is 5.65. The van der Waals surface area contributed by atoms with Crippen LogP contribution >= 0.6 is 11.6 Å². The molecule has 0 aromatic heterocycles. The highest BCUT2D eigenvalue weighted by molar-refractivity contribution is 6.46. The summed E-state index contributed by atoms with van der Waals surface area (Å²) in [5.41, 5.74) is 3.52. The van der Waals surface area contributed by atoms with Crippen LogP contribution in [0.2, 0.25) is 5.02 Å². The number of likely N-dealkylation sites (tertiary alicyclic amines) is 1. The number of amides is 2. The first-order chi connectivity index (χ1) is 13.4. The van der Waals surface area contributed by atoms with Gasteiger partial charge >= 0.3 is 0 Å². The largest absolute Gasteiger partial charge is 0.338 e. The van der Waals surface area contributed by atoms with Gasteiger partial charge in [-0.05, 0) is 43.2 Å². The molecule has 4 rings (SSSR count). The molecule has 5 nitrogen and oxygen atoms in total. The molecule has 0 radical (unpaired) electrons. The molecule has 0 saturated carbocycles. The molecule has 1 saturated heterocycles. The fourth-order valence-corrected chi connectivity index (χ4v) is 3.99. The van der Waals surface area contributed by atoms with E-state index in [1.807, 2.05) is 38.1 Å². The molecule has 2 heterocycles. The molecule has 28 heavy (non-hydrogen) atoms. The van der Waals surface area contributed by atoms with Crippen LogP contribution in [0.5, 0.6) is 0 Å². The Balaban J connectivity index is 1.52. The van der Waals surface area contributed by atoms with Crippen molar-refractivity contribution >= 4 is 29.1 Å². The predicted molar refractivity (Wildman–Crippen MR) is 110 cm³/mol. The van der Waals surface area contributed by atoms with Crippen LogP contribution in [0, 0.1) is 13.8 Å². The number of benzene rings is 2. The maximum absolute atomic E-state index is 12.8. The lowest BCUT2D eigenvalue weighted by atomic mass is 9.97. The number of carbonyl (C=O) groups is 2. The Bertz CT molecular complexity index is 991. The number of hydrogen-bond donors (Lipinski definition) is 1. The lowest BCUT2D eigenvalue weighted by molar-refractivity contribution is -0.115. The second kappa shape index (κ2) is 7.06. The normalized spacial score (nSPS) is 18.2. The summed E-state index contributed by atoms with van der Waals surface area (Å²) in [5, 5.41) is 3.51. The van der Waals surface area contributed by atoms with E-state index in [0.717, 1.165) is 11.1 Å². The van der Waals surface area contributed by atoms with Crippen molar-refractivity contribution < 1.29 is 9.59 Å². The summed E-state index contributed by atoms with van der Waals surface area (Å²) >= 11 is 6.16. The van der Waals surface area contributed by atoms with Crippen molar-refractivity contribution in [3.05, 3.63) is 69.7 Å². The van der Waals surface area contributed by atoms with Gasteiger partial charge in [-0.2, -0.15) is 0 Å². The summed E-state index contributed by atoms with van der Waals surface area (Å²) in [5.74, 6) is -0.225. The Kier molecular flexibility index (Phi) is 4.71. The van der Waals surface area contributed by atoms with E-state index >= 15 is 0 Å². The smallest absolute Gasteiger partial charge is 0.272 e. The Labute approximate surface area is 169 Å². The summed E-state index contributed by atoms with van der Waals surface area (Å²) in [7, 11) is 0. The maximum atomic E-state index is 12.8. The van der Waals surface area contributed by atoms with Gasteiger partial charge in [0, 0.05) is 31.5 Å². The number of nitrogens with zero attached hydrogens (tertiary/aromatic N) is 2. The molecule has 2 aliphatic rings. The van der Waals surface area contributed by atoms with E-state index in [0.29, 0.717) is 42.2 Å². The van der Waals surface area contributed by atoms with Gasteiger partial charge in [0.2, 0.25) is 0 Å². The maximum Gasteiger partial charge on any atom is 0.272 e. The molecular weight excluding hydrogens is 374 g/mol. The number of rotatable bonds is 2. The number of hydrogen-bond acceptors (Lipinski definition) is 3. The van der Waals surface area contributed by atoms with Crippen LogP contribution in [0.3, 0.4) is 0 Å². The molecule has 0 unspecified atom stereocenters. The van der Waals surface area contributed by atoms with Gasteiger partial charge in [0.25, 0.3) is 11.8 Å². The molecule has 6 heteroatoms. The van der Waals surface area contributed by atoms with E-state index < -0.39 is 5.66 Å². The molecule has 2 aromatic carbocycles. The van der Waals surface area contributed by atoms with Gasteiger partial charge < -0.3 is 10.2 Å². The van der Waals surface area contributed by atoms with Crippen molar-refractivity contribution in [2.75, 3.05) is 13.1 Å². The van der Waals surface area contributed by atoms with Crippen LogP contribution < -0.4 is 5.32 Å². The minimum atomic E-state index is -0.623. The number of aryl methyl sites for hydroxylation is 2. The fraction of sp³-hybridized carbons (Fsp3) is 0.318. The standard InChI is InChI=1S/C22H22ClN3O2/c1-14-7-8-16(13-15(14)2)19-20(27)25-22(24-19)9-11-26(12-10-22)21(28)17-5-3-4-6-18(17)23/h3-8,13H,9-12H2,1-2H3,(H,25,27). The van der Waals surface area contributed by atoms with E-state index in [9.17, 15) is 9.59 Å². The summed E-state index contributed by atoms with van der Waals surface area (Å²) in [6.45, 7) is 5.12. The van der Waals surface area contributed by atoms with Gasteiger partial charge in [0.15, 0.2) is 0 Å². The number of piperidine rings is 1. The Hall–Kier alpha value is -2.66. The molecule has 1 spiro atoms. The third kappa shape index (κ3) is 3.31. The van der Waals surface area contributed by atoms with Crippen LogP contribution in [0.1, 0.15) is 39.9 Å². The predicted octanol–water partition coefficient (Wildman–Crippen LogP) is 3.51. The van der Waals surface area contributed by atoms with Crippen LogP contribution in [-0.2, 0) is 4.79 Å². The second-order valence-electron chi connectivity index (χ2n) is 7.52. The Morgan fingerprint density at radius 3 is 2.50 bits per heavy atom. The molecule has 2 aromatic rings. The molecule has 1 N–H and O–H groups in total. The van der Waals surface area contributed by atoms with Crippen molar-refractivity contribution in [1.82, 2.24) is 10.2 Å². The highest BCUT2D eigenvalue weighted by Gasteiger charge is 2.43. The first kappa shape index (κ1) is 18.7. The molecule has 2 amide bonds. The van der Waals surface area contributed by atoms with Crippen LogP contribution in [0.25, 0.3) is 0 Å². The minimum absolute atomic E-state index is 0.0804. The first-order valence-corrected chi connectivity index (χ1v) is 9.80. The molecular formula is C22H22ClN3O2. The van der Waals surface area contributed by atoms with E-state index in [1.54, 1.807) is 23.1 Å². The summed E-state index contributed by atoms with van der Waals surface area (Å²) < 4.78 is 0. The van der Waals surface area contributed by atoms with Gasteiger partial charge in [-0.25, -0.2) is 0 Å². The first-order valence-electron chi connectivity index (χ1n) is 9.42. The van der Waals surface area contributed by atoms with E-state index in [4.69, 9.17) is 16.6 Å². The molecule has 1 fully saturated rings. The topological polar surface area (TPSA) is 61.8 Å². The zero-order valence-electron chi connectivity index (χ0n) is 16.0. The zero-order chi connectivity index (χ0) is 19.9. The van der Waals surface area contributed by atoms with E-state index in [1.165, 1.54) is 5.56 Å². The van der Waals surface area contributed by atoms with Crippen LogP contribution in [0.15, 0.2) is 47.5 Å². The van der Waals surface area contributed by atoms with Crippen LogP contribution in [0.4, 0.5) is 0 Å². The van der Waals surface area contributed by atoms with Crippen molar-refractivity contribution in [3.63, 3.8) is 0 Å². The summed E-state index contributed by atoms with van der Waals surface area (Å²) in [4.78, 5) is 31.9. The number of halogens is 1. The summed E-state index contributed by atoms with van der Waals surface area (Å²) in [6, 6.07) is 13.0. The average Bonchev–Trinajstić information content (AvgIpc) is 3.00. The average molecular weight is 396 g/mol. The molecule has 0 aliphatic carbocycles. The quantitative estimate of drug-likeness (QED) is 0.845. The van der Waals surface area contributed by atoms with Crippen molar-refractivity contribution in [3.8, 4) is 0 Å². The molecule has 144 valence electrons.